The molecule has 2 amide bonds. The molecule has 2 aromatic carbocycles. The molecule has 6 nitrogen and oxygen atoms in total. The van der Waals surface area contributed by atoms with Gasteiger partial charge in [-0.05, 0) is 30.2 Å². The molecule has 1 saturated heterocycles. The number of aryl methyl sites for hydroxylation is 1. The Hall–Kier alpha value is -3.02. The number of anilines is 1. The van der Waals surface area contributed by atoms with E-state index in [1.165, 1.54) is 5.69 Å². The lowest BCUT2D eigenvalue weighted by Crippen LogP contribution is -2.49. The highest BCUT2D eigenvalue weighted by atomic mass is 16.3. The molecule has 0 bridgehead atoms. The standard InChI is InChI=1S/C22H27N3O3/c26-20-9-5-4-6-18(20)10-11-21(27)23-13-12-22(28)25-16-14-24(15-17-25)19-7-2-1-3-8-19/h1-9,26H,10-17H2,(H,23,27). The summed E-state index contributed by atoms with van der Waals surface area (Å²) in [6.07, 6.45) is 1.09. The third kappa shape index (κ3) is 5.49. The number of piperazine rings is 1. The molecule has 1 fully saturated rings. The van der Waals surface area contributed by atoms with Gasteiger partial charge >= 0.3 is 0 Å². The van der Waals surface area contributed by atoms with Crippen LogP contribution in [0.5, 0.6) is 5.75 Å². The van der Waals surface area contributed by atoms with Crippen molar-refractivity contribution in [3.8, 4) is 5.75 Å². The fraction of sp³-hybridized carbons (Fsp3) is 0.364. The molecule has 0 atom stereocenters. The maximum absolute atomic E-state index is 12.4. The highest BCUT2D eigenvalue weighted by Crippen LogP contribution is 2.17. The Kier molecular flexibility index (Phi) is 6.89. The zero-order valence-electron chi connectivity index (χ0n) is 16.0. The van der Waals surface area contributed by atoms with Crippen LogP contribution < -0.4 is 10.2 Å². The molecule has 2 N–H and O–H groups in total. The Morgan fingerprint density at radius 3 is 2.29 bits per heavy atom. The minimum atomic E-state index is -0.107. The third-order valence-corrected chi connectivity index (χ3v) is 5.03. The predicted octanol–water partition coefficient (Wildman–Crippen LogP) is 2.18. The van der Waals surface area contributed by atoms with Gasteiger partial charge in [0.15, 0.2) is 0 Å². The number of amides is 2. The molecule has 0 unspecified atom stereocenters. The second-order valence-electron chi connectivity index (χ2n) is 6.93. The molecule has 1 heterocycles. The van der Waals surface area contributed by atoms with E-state index in [-0.39, 0.29) is 17.6 Å². The maximum Gasteiger partial charge on any atom is 0.224 e. The number of aromatic hydroxyl groups is 1. The van der Waals surface area contributed by atoms with E-state index in [9.17, 15) is 14.7 Å². The Labute approximate surface area is 165 Å². The predicted molar refractivity (Wildman–Crippen MR) is 109 cm³/mol. The largest absolute Gasteiger partial charge is 0.508 e. The van der Waals surface area contributed by atoms with Gasteiger partial charge in [-0.1, -0.05) is 36.4 Å². The highest BCUT2D eigenvalue weighted by molar-refractivity contribution is 5.79. The molecular formula is C22H27N3O3. The van der Waals surface area contributed by atoms with Gasteiger partial charge in [0.05, 0.1) is 0 Å². The smallest absolute Gasteiger partial charge is 0.224 e. The average molecular weight is 381 g/mol. The molecule has 28 heavy (non-hydrogen) atoms. The summed E-state index contributed by atoms with van der Waals surface area (Å²) in [5.74, 6) is 0.179. The van der Waals surface area contributed by atoms with Gasteiger partial charge in [-0.25, -0.2) is 0 Å². The lowest BCUT2D eigenvalue weighted by atomic mass is 10.1. The van der Waals surface area contributed by atoms with Gasteiger partial charge in [0.2, 0.25) is 11.8 Å². The SMILES string of the molecule is O=C(CCc1ccccc1O)NCCC(=O)N1CCN(c2ccccc2)CC1. The molecule has 1 aliphatic rings. The lowest BCUT2D eigenvalue weighted by Gasteiger charge is -2.36. The second-order valence-corrected chi connectivity index (χ2v) is 6.93. The zero-order valence-corrected chi connectivity index (χ0v) is 16.0. The Balaban J connectivity index is 1.33. The Bertz CT molecular complexity index is 787. The average Bonchev–Trinajstić information content (AvgIpc) is 2.74. The summed E-state index contributed by atoms with van der Waals surface area (Å²) in [5, 5.41) is 12.5. The van der Waals surface area contributed by atoms with Crippen molar-refractivity contribution in [2.24, 2.45) is 0 Å². The van der Waals surface area contributed by atoms with Gasteiger partial charge in [-0.3, -0.25) is 9.59 Å². The molecule has 0 aromatic heterocycles. The van der Waals surface area contributed by atoms with E-state index in [0.29, 0.717) is 38.9 Å². The highest BCUT2D eigenvalue weighted by Gasteiger charge is 2.21. The maximum atomic E-state index is 12.4. The van der Waals surface area contributed by atoms with Crippen molar-refractivity contribution >= 4 is 17.5 Å². The monoisotopic (exact) mass is 381 g/mol. The van der Waals surface area contributed by atoms with Crippen molar-refractivity contribution in [3.05, 3.63) is 60.2 Å². The fourth-order valence-corrected chi connectivity index (χ4v) is 3.38. The first-order valence-electron chi connectivity index (χ1n) is 9.75. The van der Waals surface area contributed by atoms with Gasteiger partial charge in [-0.15, -0.1) is 0 Å². The van der Waals surface area contributed by atoms with Crippen molar-refractivity contribution in [3.63, 3.8) is 0 Å². The number of carbonyl (C=O) groups excluding carboxylic acids is 2. The van der Waals surface area contributed by atoms with E-state index in [1.807, 2.05) is 29.2 Å². The van der Waals surface area contributed by atoms with Gasteiger partial charge in [0, 0.05) is 51.3 Å². The molecular weight excluding hydrogens is 354 g/mol. The van der Waals surface area contributed by atoms with Crippen LogP contribution in [0.4, 0.5) is 5.69 Å². The number of carbonyl (C=O) groups is 2. The van der Waals surface area contributed by atoms with Crippen LogP contribution in [0.25, 0.3) is 0 Å². The molecule has 3 rings (SSSR count). The van der Waals surface area contributed by atoms with Crippen molar-refractivity contribution < 1.29 is 14.7 Å². The van der Waals surface area contributed by atoms with E-state index in [2.05, 4.69) is 22.3 Å². The normalized spacial score (nSPS) is 14.0. The van der Waals surface area contributed by atoms with Crippen molar-refractivity contribution in [1.82, 2.24) is 10.2 Å². The molecule has 0 spiro atoms. The van der Waals surface area contributed by atoms with E-state index in [0.717, 1.165) is 18.7 Å². The van der Waals surface area contributed by atoms with Gasteiger partial charge < -0.3 is 20.2 Å². The van der Waals surface area contributed by atoms with E-state index < -0.39 is 0 Å². The van der Waals surface area contributed by atoms with E-state index in [4.69, 9.17) is 0 Å². The number of hydrogen-bond acceptors (Lipinski definition) is 4. The molecule has 0 aliphatic carbocycles. The van der Waals surface area contributed by atoms with Gasteiger partial charge in [-0.2, -0.15) is 0 Å². The van der Waals surface area contributed by atoms with Crippen LogP contribution in [-0.2, 0) is 16.0 Å². The summed E-state index contributed by atoms with van der Waals surface area (Å²) in [7, 11) is 0. The van der Waals surface area contributed by atoms with Crippen LogP contribution in [0, 0.1) is 0 Å². The van der Waals surface area contributed by atoms with Crippen LogP contribution >= 0.6 is 0 Å². The molecule has 0 radical (unpaired) electrons. The van der Waals surface area contributed by atoms with E-state index >= 15 is 0 Å². The van der Waals surface area contributed by atoms with Crippen molar-refractivity contribution in [2.45, 2.75) is 19.3 Å². The van der Waals surface area contributed by atoms with Gasteiger partial charge in [0.25, 0.3) is 0 Å². The number of phenols is 1. The summed E-state index contributed by atoms with van der Waals surface area (Å²) in [5.41, 5.74) is 1.94. The summed E-state index contributed by atoms with van der Waals surface area (Å²) in [4.78, 5) is 28.5. The number of phenolic OH excluding ortho intramolecular Hbond substituents is 1. The lowest BCUT2D eigenvalue weighted by molar-refractivity contribution is -0.131. The number of hydrogen-bond donors (Lipinski definition) is 2. The van der Waals surface area contributed by atoms with Crippen LogP contribution in [0.15, 0.2) is 54.6 Å². The van der Waals surface area contributed by atoms with Crippen LogP contribution in [0.2, 0.25) is 0 Å². The molecule has 0 saturated carbocycles. The first-order valence-corrected chi connectivity index (χ1v) is 9.75. The number of benzene rings is 2. The summed E-state index contributed by atoms with van der Waals surface area (Å²) in [6, 6.07) is 17.2. The number of rotatable bonds is 7. The summed E-state index contributed by atoms with van der Waals surface area (Å²) < 4.78 is 0. The number of nitrogens with one attached hydrogen (secondary N) is 1. The minimum absolute atomic E-state index is 0.0775. The van der Waals surface area contributed by atoms with Crippen LogP contribution in [0.1, 0.15) is 18.4 Å². The molecule has 1 aliphatic heterocycles. The van der Waals surface area contributed by atoms with Gasteiger partial charge in [0.1, 0.15) is 5.75 Å². The van der Waals surface area contributed by atoms with Crippen molar-refractivity contribution in [1.29, 1.82) is 0 Å². The first-order chi connectivity index (χ1) is 13.6. The number of nitrogens with zero attached hydrogens (tertiary/aromatic N) is 2. The number of para-hydroxylation sites is 2. The third-order valence-electron chi connectivity index (χ3n) is 5.03. The van der Waals surface area contributed by atoms with Crippen molar-refractivity contribution in [2.75, 3.05) is 37.6 Å². The van der Waals surface area contributed by atoms with E-state index in [1.54, 1.807) is 18.2 Å². The Morgan fingerprint density at radius 2 is 1.57 bits per heavy atom. The molecule has 6 heteroatoms. The first kappa shape index (κ1) is 19.7. The molecule has 2 aromatic rings. The second kappa shape index (κ2) is 9.78. The topological polar surface area (TPSA) is 72.9 Å². The summed E-state index contributed by atoms with van der Waals surface area (Å²) in [6.45, 7) is 3.40. The molecule has 148 valence electrons. The zero-order chi connectivity index (χ0) is 19.8. The minimum Gasteiger partial charge on any atom is -0.508 e. The fourth-order valence-electron chi connectivity index (χ4n) is 3.38. The summed E-state index contributed by atoms with van der Waals surface area (Å²) >= 11 is 0. The Morgan fingerprint density at radius 1 is 0.893 bits per heavy atom. The van der Waals surface area contributed by atoms with Crippen LogP contribution in [0.3, 0.4) is 0 Å². The quantitative estimate of drug-likeness (QED) is 0.771. The van der Waals surface area contributed by atoms with Crippen LogP contribution in [-0.4, -0.2) is 54.5 Å².